The van der Waals surface area contributed by atoms with E-state index in [4.69, 9.17) is 4.74 Å². The first-order valence-electron chi connectivity index (χ1n) is 11.0. The number of nitrogens with one attached hydrogen (secondary N) is 1. The molecule has 154 valence electrons. The quantitative estimate of drug-likeness (QED) is 0.837. The van der Waals surface area contributed by atoms with Crippen molar-refractivity contribution in [1.29, 1.82) is 0 Å². The number of fused-ring (bicyclic) bond motifs is 1. The van der Waals surface area contributed by atoms with Crippen LogP contribution in [0, 0.1) is 0 Å². The highest BCUT2D eigenvalue weighted by Gasteiger charge is 2.39. The van der Waals surface area contributed by atoms with Gasteiger partial charge in [-0.15, -0.1) is 0 Å². The summed E-state index contributed by atoms with van der Waals surface area (Å²) < 4.78 is 5.47. The summed E-state index contributed by atoms with van der Waals surface area (Å²) in [6.45, 7) is 0.870. The van der Waals surface area contributed by atoms with Crippen LogP contribution in [0.15, 0.2) is 54.6 Å². The van der Waals surface area contributed by atoms with E-state index in [0.29, 0.717) is 24.5 Å². The SMILES string of the molecule is COc1ccccc1CC(=O)N1CCCCC[C@H]2N[C@H](Cc3ccccc3)C[C@@H]21. The number of ether oxygens (including phenoxy) is 1. The summed E-state index contributed by atoms with van der Waals surface area (Å²) in [5, 5.41) is 3.86. The molecule has 0 spiro atoms. The van der Waals surface area contributed by atoms with Gasteiger partial charge < -0.3 is 15.0 Å². The van der Waals surface area contributed by atoms with E-state index >= 15 is 0 Å². The third-order valence-electron chi connectivity index (χ3n) is 6.43. The zero-order valence-electron chi connectivity index (χ0n) is 17.3. The molecule has 2 aromatic carbocycles. The zero-order chi connectivity index (χ0) is 20.1. The molecular formula is C25H32N2O2. The Kier molecular flexibility index (Phi) is 6.50. The number of carbonyl (C=O) groups excluding carboxylic acids is 1. The molecule has 1 N–H and O–H groups in total. The molecule has 2 aliphatic heterocycles. The van der Waals surface area contributed by atoms with Crippen LogP contribution in [0.4, 0.5) is 0 Å². The summed E-state index contributed by atoms with van der Waals surface area (Å²) in [7, 11) is 1.67. The van der Waals surface area contributed by atoms with Gasteiger partial charge in [0.25, 0.3) is 0 Å². The van der Waals surface area contributed by atoms with Gasteiger partial charge in [0, 0.05) is 30.2 Å². The van der Waals surface area contributed by atoms with E-state index in [0.717, 1.165) is 43.5 Å². The minimum Gasteiger partial charge on any atom is -0.496 e. The fraction of sp³-hybridized carbons (Fsp3) is 0.480. The lowest BCUT2D eigenvalue weighted by Gasteiger charge is -2.35. The highest BCUT2D eigenvalue weighted by molar-refractivity contribution is 5.80. The molecule has 3 atom stereocenters. The van der Waals surface area contributed by atoms with E-state index in [1.807, 2.05) is 24.3 Å². The Morgan fingerprint density at radius 3 is 2.69 bits per heavy atom. The average molecular weight is 393 g/mol. The second kappa shape index (κ2) is 9.45. The van der Waals surface area contributed by atoms with Gasteiger partial charge in [0.2, 0.25) is 5.91 Å². The van der Waals surface area contributed by atoms with Crippen molar-refractivity contribution in [3.8, 4) is 5.75 Å². The van der Waals surface area contributed by atoms with Crippen LogP contribution in [-0.2, 0) is 17.6 Å². The first-order valence-corrected chi connectivity index (χ1v) is 11.0. The average Bonchev–Trinajstić information content (AvgIpc) is 3.10. The van der Waals surface area contributed by atoms with E-state index in [2.05, 4.69) is 40.5 Å². The van der Waals surface area contributed by atoms with Gasteiger partial charge in [-0.05, 0) is 37.3 Å². The number of benzene rings is 2. The van der Waals surface area contributed by atoms with Gasteiger partial charge in [0.1, 0.15) is 5.75 Å². The Morgan fingerprint density at radius 1 is 1.07 bits per heavy atom. The van der Waals surface area contributed by atoms with E-state index in [9.17, 15) is 4.79 Å². The van der Waals surface area contributed by atoms with Gasteiger partial charge in [-0.1, -0.05) is 61.4 Å². The monoisotopic (exact) mass is 392 g/mol. The van der Waals surface area contributed by atoms with Gasteiger partial charge >= 0.3 is 0 Å². The zero-order valence-corrected chi connectivity index (χ0v) is 17.3. The van der Waals surface area contributed by atoms with Crippen LogP contribution < -0.4 is 10.1 Å². The van der Waals surface area contributed by atoms with E-state index in [1.54, 1.807) is 7.11 Å². The highest BCUT2D eigenvalue weighted by Crippen LogP contribution is 2.29. The molecule has 0 saturated carbocycles. The Labute approximate surface area is 174 Å². The second-order valence-corrected chi connectivity index (χ2v) is 8.39. The van der Waals surface area contributed by atoms with Crippen molar-refractivity contribution >= 4 is 5.91 Å². The van der Waals surface area contributed by atoms with Crippen molar-refractivity contribution in [1.82, 2.24) is 10.2 Å². The summed E-state index contributed by atoms with van der Waals surface area (Å²) in [6, 6.07) is 19.7. The minimum absolute atomic E-state index is 0.230. The van der Waals surface area contributed by atoms with Gasteiger partial charge in [-0.2, -0.15) is 0 Å². The van der Waals surface area contributed by atoms with Gasteiger partial charge in [-0.25, -0.2) is 0 Å². The molecular weight excluding hydrogens is 360 g/mol. The number of para-hydroxylation sites is 1. The fourth-order valence-corrected chi connectivity index (χ4v) is 5.01. The number of hydrogen-bond donors (Lipinski definition) is 1. The highest BCUT2D eigenvalue weighted by atomic mass is 16.5. The third kappa shape index (κ3) is 4.81. The maximum atomic E-state index is 13.4. The van der Waals surface area contributed by atoms with Crippen molar-refractivity contribution in [2.45, 2.75) is 63.1 Å². The van der Waals surface area contributed by atoms with Crippen LogP contribution >= 0.6 is 0 Å². The molecule has 2 saturated heterocycles. The summed E-state index contributed by atoms with van der Waals surface area (Å²) in [4.78, 5) is 15.5. The number of hydrogen-bond acceptors (Lipinski definition) is 3. The van der Waals surface area contributed by atoms with Crippen LogP contribution in [0.2, 0.25) is 0 Å². The maximum Gasteiger partial charge on any atom is 0.227 e. The summed E-state index contributed by atoms with van der Waals surface area (Å²) in [6.07, 6.45) is 7.20. The lowest BCUT2D eigenvalue weighted by molar-refractivity contribution is -0.133. The van der Waals surface area contributed by atoms with E-state index < -0.39 is 0 Å². The van der Waals surface area contributed by atoms with Crippen LogP contribution in [0.3, 0.4) is 0 Å². The van der Waals surface area contributed by atoms with Gasteiger partial charge in [0.05, 0.1) is 13.5 Å². The molecule has 2 aromatic rings. The predicted molar refractivity (Wildman–Crippen MR) is 116 cm³/mol. The number of methoxy groups -OCH3 is 1. The Hall–Kier alpha value is -2.33. The second-order valence-electron chi connectivity index (χ2n) is 8.39. The first-order chi connectivity index (χ1) is 14.2. The third-order valence-corrected chi connectivity index (χ3v) is 6.43. The van der Waals surface area contributed by atoms with Crippen molar-refractivity contribution in [3.63, 3.8) is 0 Å². The molecule has 1 amide bonds. The molecule has 0 radical (unpaired) electrons. The number of nitrogens with zero attached hydrogens (tertiary/aromatic N) is 1. The van der Waals surface area contributed by atoms with Crippen LogP contribution in [-0.4, -0.2) is 42.6 Å². The summed E-state index contributed by atoms with van der Waals surface area (Å²) in [5.74, 6) is 1.03. The number of rotatable bonds is 5. The molecule has 4 nitrogen and oxygen atoms in total. The molecule has 4 rings (SSSR count). The largest absolute Gasteiger partial charge is 0.496 e. The number of carbonyl (C=O) groups is 1. The lowest BCUT2D eigenvalue weighted by Crippen LogP contribution is -2.48. The molecule has 4 heteroatoms. The Balaban J connectivity index is 1.48. The molecule has 2 fully saturated rings. The predicted octanol–water partition coefficient (Wildman–Crippen LogP) is 3.98. The summed E-state index contributed by atoms with van der Waals surface area (Å²) >= 11 is 0. The molecule has 2 heterocycles. The van der Waals surface area contributed by atoms with Gasteiger partial charge in [0.15, 0.2) is 0 Å². The standard InChI is InChI=1S/C25H32N2O2/c1-29-24-14-8-7-12-20(24)17-25(28)27-15-9-3-6-13-22-23(27)18-21(26-22)16-19-10-4-2-5-11-19/h2,4-5,7-8,10-12,14,21-23,26H,3,6,9,13,15-18H2,1H3/t21-,22-,23+/m1/s1. The van der Waals surface area contributed by atoms with Crippen molar-refractivity contribution < 1.29 is 9.53 Å². The van der Waals surface area contributed by atoms with Crippen molar-refractivity contribution in [3.05, 3.63) is 65.7 Å². The molecule has 0 aromatic heterocycles. The Bertz CT molecular complexity index is 807. The van der Waals surface area contributed by atoms with Crippen LogP contribution in [0.25, 0.3) is 0 Å². The normalized spacial score (nSPS) is 24.4. The first kappa shape index (κ1) is 20.0. The fourth-order valence-electron chi connectivity index (χ4n) is 5.01. The van der Waals surface area contributed by atoms with Crippen molar-refractivity contribution in [2.75, 3.05) is 13.7 Å². The van der Waals surface area contributed by atoms with Crippen LogP contribution in [0.5, 0.6) is 5.75 Å². The molecule has 0 bridgehead atoms. The topological polar surface area (TPSA) is 41.6 Å². The summed E-state index contributed by atoms with van der Waals surface area (Å²) in [5.41, 5.74) is 2.34. The molecule has 0 aliphatic carbocycles. The lowest BCUT2D eigenvalue weighted by atomic mass is 9.95. The van der Waals surface area contributed by atoms with Gasteiger partial charge in [-0.3, -0.25) is 4.79 Å². The Morgan fingerprint density at radius 2 is 1.86 bits per heavy atom. The van der Waals surface area contributed by atoms with Crippen molar-refractivity contribution in [2.24, 2.45) is 0 Å². The van der Waals surface area contributed by atoms with Crippen LogP contribution in [0.1, 0.15) is 43.2 Å². The smallest absolute Gasteiger partial charge is 0.227 e. The number of likely N-dealkylation sites (tertiary alicyclic amines) is 1. The molecule has 2 aliphatic rings. The van der Waals surface area contributed by atoms with E-state index in [1.165, 1.54) is 18.4 Å². The minimum atomic E-state index is 0.230. The molecule has 0 unspecified atom stereocenters. The molecule has 29 heavy (non-hydrogen) atoms. The maximum absolute atomic E-state index is 13.4. The number of amides is 1. The van der Waals surface area contributed by atoms with E-state index in [-0.39, 0.29) is 5.91 Å².